The second-order valence-corrected chi connectivity index (χ2v) is 9.60. The predicted octanol–water partition coefficient (Wildman–Crippen LogP) is 1.36. The summed E-state index contributed by atoms with van der Waals surface area (Å²) < 4.78 is 2.07. The molecule has 0 spiro atoms. The van der Waals surface area contributed by atoms with Crippen molar-refractivity contribution in [1.29, 1.82) is 0 Å². The topological polar surface area (TPSA) is 113 Å². The summed E-state index contributed by atoms with van der Waals surface area (Å²) in [6, 6.07) is 13.5. The van der Waals surface area contributed by atoms with Gasteiger partial charge in [-0.05, 0) is 24.3 Å². The Balaban J connectivity index is 0.988. The van der Waals surface area contributed by atoms with E-state index in [1.54, 1.807) is 6.07 Å². The van der Waals surface area contributed by atoms with Crippen molar-refractivity contribution in [2.24, 2.45) is 11.7 Å². The summed E-state index contributed by atoms with van der Waals surface area (Å²) in [6.07, 6.45) is 3.85. The number of anilines is 1. The first-order valence-corrected chi connectivity index (χ1v) is 12.3. The first kappa shape index (κ1) is 22.4. The highest BCUT2D eigenvalue weighted by atomic mass is 16.2. The van der Waals surface area contributed by atoms with E-state index in [0.29, 0.717) is 25.6 Å². The van der Waals surface area contributed by atoms with Gasteiger partial charge in [0, 0.05) is 74.9 Å². The monoisotopic (exact) mass is 484 g/mol. The lowest BCUT2D eigenvalue weighted by molar-refractivity contribution is -0.134. The first-order chi connectivity index (χ1) is 17.5. The maximum Gasteiger partial charge on any atom is 0.267 e. The second kappa shape index (κ2) is 9.19. The third kappa shape index (κ3) is 4.35. The van der Waals surface area contributed by atoms with Crippen LogP contribution in [0, 0.1) is 5.92 Å². The molecule has 10 nitrogen and oxygen atoms in total. The van der Waals surface area contributed by atoms with Crippen LogP contribution in [-0.4, -0.2) is 86.9 Å². The van der Waals surface area contributed by atoms with E-state index in [1.165, 1.54) is 0 Å². The molecule has 0 atom stereocenters. The van der Waals surface area contributed by atoms with Gasteiger partial charge in [0.1, 0.15) is 11.3 Å². The Hall–Kier alpha value is -4.05. The third-order valence-electron chi connectivity index (χ3n) is 7.10. The predicted molar refractivity (Wildman–Crippen MR) is 137 cm³/mol. The molecule has 5 heterocycles. The molecule has 0 radical (unpaired) electrons. The van der Waals surface area contributed by atoms with E-state index in [0.717, 1.165) is 60.6 Å². The molecule has 4 aromatic rings. The fourth-order valence-electron chi connectivity index (χ4n) is 5.11. The van der Waals surface area contributed by atoms with Gasteiger partial charge in [0.25, 0.3) is 5.91 Å². The fraction of sp³-hybridized carbons (Fsp3) is 0.346. The number of primary amides is 1. The fourth-order valence-corrected chi connectivity index (χ4v) is 5.11. The van der Waals surface area contributed by atoms with Crippen molar-refractivity contribution in [2.45, 2.75) is 6.54 Å². The summed E-state index contributed by atoms with van der Waals surface area (Å²) >= 11 is 0. The summed E-state index contributed by atoms with van der Waals surface area (Å²) in [4.78, 5) is 44.3. The van der Waals surface area contributed by atoms with Crippen LogP contribution in [0.3, 0.4) is 0 Å². The molecule has 2 saturated heterocycles. The Morgan fingerprint density at radius 2 is 1.75 bits per heavy atom. The third-order valence-corrected chi connectivity index (χ3v) is 7.10. The number of likely N-dealkylation sites (tertiary alicyclic amines) is 1. The molecule has 0 unspecified atom stereocenters. The van der Waals surface area contributed by atoms with Gasteiger partial charge in [-0.15, -0.1) is 0 Å². The molecule has 1 aromatic carbocycles. The summed E-state index contributed by atoms with van der Waals surface area (Å²) in [5.41, 5.74) is 7.36. The zero-order valence-corrected chi connectivity index (χ0v) is 20.0. The number of para-hydroxylation sites is 1. The minimum atomic E-state index is -0.524. The summed E-state index contributed by atoms with van der Waals surface area (Å²) in [5, 5.41) is 2.01. The van der Waals surface area contributed by atoms with E-state index in [2.05, 4.69) is 29.3 Å². The van der Waals surface area contributed by atoms with E-state index in [1.807, 2.05) is 53.7 Å². The number of benzene rings is 1. The van der Waals surface area contributed by atoms with Crippen LogP contribution in [0.2, 0.25) is 0 Å². The highest BCUT2D eigenvalue weighted by Gasteiger charge is 2.31. The normalized spacial score (nSPS) is 17.0. The van der Waals surface area contributed by atoms with Gasteiger partial charge in [-0.3, -0.25) is 14.5 Å². The van der Waals surface area contributed by atoms with Crippen LogP contribution in [0.1, 0.15) is 10.5 Å². The molecule has 2 fully saturated rings. The standard InChI is InChI=1S/C26H28N8O2/c27-24(36)22-6-5-19-7-8-34(25(19)29-22)16-18-14-31(15-18)17-23(35)32-9-11-33(12-10-32)26-28-13-20-3-1-2-4-21(20)30-26/h1-8,13,18H,9-12,14-17H2,(H2,27,36). The van der Waals surface area contributed by atoms with E-state index in [4.69, 9.17) is 5.73 Å². The summed E-state index contributed by atoms with van der Waals surface area (Å²) in [7, 11) is 0. The molecule has 2 aliphatic heterocycles. The zero-order valence-electron chi connectivity index (χ0n) is 20.0. The lowest BCUT2D eigenvalue weighted by atomic mass is 10.00. The molecule has 36 heavy (non-hydrogen) atoms. The van der Waals surface area contributed by atoms with Gasteiger partial charge in [-0.1, -0.05) is 18.2 Å². The lowest BCUT2D eigenvalue weighted by Gasteiger charge is -2.41. The Kier molecular flexibility index (Phi) is 5.73. The average Bonchev–Trinajstić information content (AvgIpc) is 3.29. The van der Waals surface area contributed by atoms with E-state index >= 15 is 0 Å². The summed E-state index contributed by atoms with van der Waals surface area (Å²) in [6.45, 7) is 5.79. The van der Waals surface area contributed by atoms with Crippen molar-refractivity contribution < 1.29 is 9.59 Å². The Morgan fingerprint density at radius 3 is 2.56 bits per heavy atom. The van der Waals surface area contributed by atoms with Crippen molar-refractivity contribution in [1.82, 2.24) is 29.3 Å². The zero-order chi connectivity index (χ0) is 24.6. The van der Waals surface area contributed by atoms with Crippen molar-refractivity contribution in [3.63, 3.8) is 0 Å². The Morgan fingerprint density at radius 1 is 0.944 bits per heavy atom. The van der Waals surface area contributed by atoms with Gasteiger partial charge in [0.2, 0.25) is 11.9 Å². The molecule has 2 aliphatic rings. The van der Waals surface area contributed by atoms with Gasteiger partial charge in [0.05, 0.1) is 12.1 Å². The maximum absolute atomic E-state index is 12.9. The van der Waals surface area contributed by atoms with Gasteiger partial charge in [-0.2, -0.15) is 0 Å². The van der Waals surface area contributed by atoms with Crippen LogP contribution in [-0.2, 0) is 11.3 Å². The highest BCUT2D eigenvalue weighted by Crippen LogP contribution is 2.22. The first-order valence-electron chi connectivity index (χ1n) is 12.3. The molecule has 3 aromatic heterocycles. The summed E-state index contributed by atoms with van der Waals surface area (Å²) in [5.74, 6) is 0.811. The van der Waals surface area contributed by atoms with Crippen LogP contribution in [0.25, 0.3) is 21.9 Å². The largest absolute Gasteiger partial charge is 0.364 e. The van der Waals surface area contributed by atoms with Gasteiger partial charge in [-0.25, -0.2) is 15.0 Å². The van der Waals surface area contributed by atoms with E-state index < -0.39 is 5.91 Å². The quantitative estimate of drug-likeness (QED) is 0.440. The molecule has 0 bridgehead atoms. The maximum atomic E-state index is 12.9. The van der Waals surface area contributed by atoms with Crippen molar-refractivity contribution in [3.8, 4) is 0 Å². The minimum absolute atomic E-state index is 0.173. The molecule has 6 rings (SSSR count). The van der Waals surface area contributed by atoms with Crippen molar-refractivity contribution >= 4 is 39.7 Å². The number of nitrogens with zero attached hydrogens (tertiary/aromatic N) is 7. The number of nitrogens with two attached hydrogens (primary N) is 1. The highest BCUT2D eigenvalue weighted by molar-refractivity contribution is 5.93. The molecule has 184 valence electrons. The smallest absolute Gasteiger partial charge is 0.267 e. The van der Waals surface area contributed by atoms with Gasteiger partial charge in [0.15, 0.2) is 0 Å². The molecular weight excluding hydrogens is 456 g/mol. The number of aromatic nitrogens is 4. The van der Waals surface area contributed by atoms with Crippen LogP contribution in [0.5, 0.6) is 0 Å². The number of fused-ring (bicyclic) bond motifs is 2. The van der Waals surface area contributed by atoms with Crippen molar-refractivity contribution in [3.05, 3.63) is 60.6 Å². The number of amides is 2. The molecule has 2 N–H and O–H groups in total. The molecule has 2 amide bonds. The molecule has 10 heteroatoms. The second-order valence-electron chi connectivity index (χ2n) is 9.60. The van der Waals surface area contributed by atoms with Crippen LogP contribution in [0.4, 0.5) is 5.95 Å². The molecule has 0 saturated carbocycles. The number of rotatable bonds is 6. The van der Waals surface area contributed by atoms with Crippen LogP contribution in [0.15, 0.2) is 54.9 Å². The van der Waals surface area contributed by atoms with E-state index in [-0.39, 0.29) is 11.6 Å². The Bertz CT molecular complexity index is 1440. The SMILES string of the molecule is NC(=O)c1ccc2ccn(CC3CN(CC(=O)N4CCN(c5ncc6ccccc6n5)CC4)C3)c2n1. The van der Waals surface area contributed by atoms with Crippen LogP contribution < -0.4 is 10.6 Å². The number of carbonyl (C=O) groups is 2. The average molecular weight is 485 g/mol. The molecule has 0 aliphatic carbocycles. The van der Waals surface area contributed by atoms with Crippen LogP contribution >= 0.6 is 0 Å². The van der Waals surface area contributed by atoms with Crippen molar-refractivity contribution in [2.75, 3.05) is 50.7 Å². The minimum Gasteiger partial charge on any atom is -0.364 e. The van der Waals surface area contributed by atoms with Gasteiger partial charge < -0.3 is 20.1 Å². The number of carbonyl (C=O) groups excluding carboxylic acids is 2. The Labute approximate surface area is 208 Å². The number of hydrogen-bond acceptors (Lipinski definition) is 7. The number of pyridine rings is 1. The van der Waals surface area contributed by atoms with E-state index in [9.17, 15) is 9.59 Å². The number of hydrogen-bond donors (Lipinski definition) is 1. The number of piperazine rings is 1. The lowest BCUT2D eigenvalue weighted by Crippen LogP contribution is -2.55. The van der Waals surface area contributed by atoms with Gasteiger partial charge >= 0.3 is 0 Å². The molecular formula is C26H28N8O2.